The van der Waals surface area contributed by atoms with Crippen LogP contribution in [0.1, 0.15) is 25.7 Å². The van der Waals surface area contributed by atoms with Gasteiger partial charge in [-0.05, 0) is 45.3 Å². The van der Waals surface area contributed by atoms with Gasteiger partial charge in [0.15, 0.2) is 0 Å². The van der Waals surface area contributed by atoms with Crippen molar-refractivity contribution < 1.29 is 14.7 Å². The van der Waals surface area contributed by atoms with Crippen molar-refractivity contribution in [3.63, 3.8) is 0 Å². The van der Waals surface area contributed by atoms with Gasteiger partial charge in [0.25, 0.3) is 0 Å². The van der Waals surface area contributed by atoms with Crippen molar-refractivity contribution in [2.24, 2.45) is 11.7 Å². The Kier molecular flexibility index (Phi) is 6.07. The Bertz CT molecular complexity index is 288. The van der Waals surface area contributed by atoms with Crippen LogP contribution in [0.25, 0.3) is 0 Å². The third-order valence-corrected chi connectivity index (χ3v) is 3.42. The van der Waals surface area contributed by atoms with Crippen LogP contribution in [0.15, 0.2) is 0 Å². The van der Waals surface area contributed by atoms with Crippen molar-refractivity contribution in [3.05, 3.63) is 0 Å². The van der Waals surface area contributed by atoms with Crippen LogP contribution in [-0.4, -0.2) is 54.6 Å². The monoisotopic (exact) mass is 257 g/mol. The van der Waals surface area contributed by atoms with E-state index in [1.165, 1.54) is 0 Å². The molecule has 0 spiro atoms. The molecule has 104 valence electrons. The SMILES string of the molecule is CN1CCC(CCNC(=O)C(N)CC(=O)O)CC1. The summed E-state index contributed by atoms with van der Waals surface area (Å²) in [5.74, 6) is -0.768. The number of aliphatic carboxylic acids is 1. The highest BCUT2D eigenvalue weighted by Crippen LogP contribution is 2.18. The molecule has 1 aliphatic heterocycles. The lowest BCUT2D eigenvalue weighted by molar-refractivity contribution is -0.139. The predicted octanol–water partition coefficient (Wildman–Crippen LogP) is -0.363. The molecule has 0 bridgehead atoms. The van der Waals surface area contributed by atoms with E-state index in [0.29, 0.717) is 12.5 Å². The molecule has 0 aromatic heterocycles. The van der Waals surface area contributed by atoms with Gasteiger partial charge in [-0.1, -0.05) is 0 Å². The first kappa shape index (κ1) is 14.9. The fourth-order valence-electron chi connectivity index (χ4n) is 2.16. The first-order chi connectivity index (χ1) is 8.49. The van der Waals surface area contributed by atoms with Gasteiger partial charge in [-0.2, -0.15) is 0 Å². The zero-order valence-electron chi connectivity index (χ0n) is 10.9. The molecule has 1 saturated heterocycles. The second kappa shape index (κ2) is 7.33. The zero-order chi connectivity index (χ0) is 13.5. The minimum atomic E-state index is -1.05. The first-order valence-electron chi connectivity index (χ1n) is 6.42. The van der Waals surface area contributed by atoms with Gasteiger partial charge in [0.1, 0.15) is 0 Å². The van der Waals surface area contributed by atoms with E-state index in [2.05, 4.69) is 17.3 Å². The molecule has 0 saturated carbocycles. The molecule has 1 heterocycles. The van der Waals surface area contributed by atoms with Crippen LogP contribution in [0.3, 0.4) is 0 Å². The average Bonchev–Trinajstić information content (AvgIpc) is 2.30. The first-order valence-corrected chi connectivity index (χ1v) is 6.42. The van der Waals surface area contributed by atoms with Crippen molar-refractivity contribution in [1.82, 2.24) is 10.2 Å². The van der Waals surface area contributed by atoms with Crippen molar-refractivity contribution in [2.75, 3.05) is 26.7 Å². The lowest BCUT2D eigenvalue weighted by atomic mass is 9.94. The van der Waals surface area contributed by atoms with Crippen LogP contribution in [0.5, 0.6) is 0 Å². The van der Waals surface area contributed by atoms with Crippen molar-refractivity contribution in [2.45, 2.75) is 31.7 Å². The van der Waals surface area contributed by atoms with E-state index in [-0.39, 0.29) is 12.3 Å². The Balaban J connectivity index is 2.13. The average molecular weight is 257 g/mol. The van der Waals surface area contributed by atoms with Gasteiger partial charge in [0.05, 0.1) is 12.5 Å². The smallest absolute Gasteiger partial charge is 0.305 e. The summed E-state index contributed by atoms with van der Waals surface area (Å²) < 4.78 is 0. The largest absolute Gasteiger partial charge is 0.481 e. The minimum Gasteiger partial charge on any atom is -0.481 e. The third-order valence-electron chi connectivity index (χ3n) is 3.42. The Morgan fingerprint density at radius 3 is 2.61 bits per heavy atom. The third kappa shape index (κ3) is 5.46. The number of carboxylic acid groups (broad SMARTS) is 1. The van der Waals surface area contributed by atoms with E-state index in [0.717, 1.165) is 32.4 Å². The van der Waals surface area contributed by atoms with Gasteiger partial charge in [-0.15, -0.1) is 0 Å². The van der Waals surface area contributed by atoms with Crippen LogP contribution in [0.4, 0.5) is 0 Å². The van der Waals surface area contributed by atoms with E-state index >= 15 is 0 Å². The van der Waals surface area contributed by atoms with E-state index in [1.54, 1.807) is 0 Å². The highest BCUT2D eigenvalue weighted by atomic mass is 16.4. The van der Waals surface area contributed by atoms with Crippen LogP contribution in [0.2, 0.25) is 0 Å². The van der Waals surface area contributed by atoms with Gasteiger partial charge < -0.3 is 21.1 Å². The maximum atomic E-state index is 11.5. The number of carboxylic acids is 1. The molecule has 0 aliphatic carbocycles. The van der Waals surface area contributed by atoms with Crippen LogP contribution < -0.4 is 11.1 Å². The minimum absolute atomic E-state index is 0.319. The summed E-state index contributed by atoms with van der Waals surface area (Å²) in [4.78, 5) is 24.2. The van der Waals surface area contributed by atoms with Gasteiger partial charge in [0, 0.05) is 6.54 Å². The molecule has 1 unspecified atom stereocenters. The summed E-state index contributed by atoms with van der Waals surface area (Å²) in [6, 6.07) is -0.944. The molecule has 1 aliphatic rings. The fraction of sp³-hybridized carbons (Fsp3) is 0.833. The number of likely N-dealkylation sites (tertiary alicyclic amines) is 1. The lowest BCUT2D eigenvalue weighted by Crippen LogP contribution is -2.42. The molecule has 1 atom stereocenters. The number of nitrogens with two attached hydrogens (primary N) is 1. The number of piperidine rings is 1. The van der Waals surface area contributed by atoms with Crippen molar-refractivity contribution in [1.29, 1.82) is 0 Å². The number of amides is 1. The molecule has 1 rings (SSSR count). The van der Waals surface area contributed by atoms with Crippen molar-refractivity contribution in [3.8, 4) is 0 Å². The van der Waals surface area contributed by atoms with E-state index in [4.69, 9.17) is 10.8 Å². The molecule has 0 aromatic rings. The van der Waals surface area contributed by atoms with Gasteiger partial charge in [0.2, 0.25) is 5.91 Å². The number of nitrogens with one attached hydrogen (secondary N) is 1. The van der Waals surface area contributed by atoms with Gasteiger partial charge in [-0.25, -0.2) is 0 Å². The second-order valence-electron chi connectivity index (χ2n) is 5.03. The molecular formula is C12H23N3O3. The molecule has 6 nitrogen and oxygen atoms in total. The maximum absolute atomic E-state index is 11.5. The molecule has 0 aromatic carbocycles. The van der Waals surface area contributed by atoms with Gasteiger partial charge in [-0.3, -0.25) is 9.59 Å². The predicted molar refractivity (Wildman–Crippen MR) is 68.1 cm³/mol. The molecule has 1 fully saturated rings. The summed E-state index contributed by atoms with van der Waals surface area (Å²) in [6.07, 6.45) is 2.94. The molecule has 18 heavy (non-hydrogen) atoms. The molecule has 6 heteroatoms. The Morgan fingerprint density at radius 2 is 2.06 bits per heavy atom. The van der Waals surface area contributed by atoms with Crippen LogP contribution >= 0.6 is 0 Å². The Hall–Kier alpha value is -1.14. The zero-order valence-corrected chi connectivity index (χ0v) is 10.9. The van der Waals surface area contributed by atoms with Crippen LogP contribution in [0, 0.1) is 5.92 Å². The lowest BCUT2D eigenvalue weighted by Gasteiger charge is -2.28. The Labute approximate surface area is 108 Å². The highest BCUT2D eigenvalue weighted by Gasteiger charge is 2.19. The molecular weight excluding hydrogens is 234 g/mol. The summed E-state index contributed by atoms with van der Waals surface area (Å²) in [5, 5.41) is 11.2. The second-order valence-corrected chi connectivity index (χ2v) is 5.03. The number of hydrogen-bond donors (Lipinski definition) is 3. The summed E-state index contributed by atoms with van der Waals surface area (Å²) >= 11 is 0. The topological polar surface area (TPSA) is 95.7 Å². The van der Waals surface area contributed by atoms with E-state index in [1.807, 2.05) is 0 Å². The Morgan fingerprint density at radius 1 is 1.44 bits per heavy atom. The van der Waals surface area contributed by atoms with E-state index < -0.39 is 12.0 Å². The molecule has 0 radical (unpaired) electrons. The maximum Gasteiger partial charge on any atom is 0.305 e. The van der Waals surface area contributed by atoms with Gasteiger partial charge >= 0.3 is 5.97 Å². The number of carbonyl (C=O) groups is 2. The van der Waals surface area contributed by atoms with Crippen molar-refractivity contribution >= 4 is 11.9 Å². The normalized spacial score (nSPS) is 19.4. The van der Waals surface area contributed by atoms with Crippen LogP contribution in [-0.2, 0) is 9.59 Å². The number of hydrogen-bond acceptors (Lipinski definition) is 4. The molecule has 4 N–H and O–H groups in total. The number of carbonyl (C=O) groups excluding carboxylic acids is 1. The highest BCUT2D eigenvalue weighted by molar-refractivity contribution is 5.85. The van der Waals surface area contributed by atoms with E-state index in [9.17, 15) is 9.59 Å². The summed E-state index contributed by atoms with van der Waals surface area (Å²) in [7, 11) is 2.11. The number of nitrogens with zero attached hydrogens (tertiary/aromatic N) is 1. The standard InChI is InChI=1S/C12H23N3O3/c1-15-6-3-9(4-7-15)2-5-14-12(18)10(13)8-11(16)17/h9-10H,2-8,13H2,1H3,(H,14,18)(H,16,17). The fourth-order valence-corrected chi connectivity index (χ4v) is 2.16. The quantitative estimate of drug-likeness (QED) is 0.604. The number of rotatable bonds is 6. The molecule has 1 amide bonds. The summed E-state index contributed by atoms with van der Waals surface area (Å²) in [6.45, 7) is 2.80. The summed E-state index contributed by atoms with van der Waals surface area (Å²) in [5.41, 5.74) is 5.46.